The van der Waals surface area contributed by atoms with E-state index in [1.54, 1.807) is 0 Å². The Hall–Kier alpha value is -2.07. The fourth-order valence-electron chi connectivity index (χ4n) is 1.61. The lowest BCUT2D eigenvalue weighted by molar-refractivity contribution is -0.137. The molecular formula is C11H10F3N3O3S. The van der Waals surface area contributed by atoms with E-state index in [1.807, 2.05) is 4.72 Å². The van der Waals surface area contributed by atoms with Gasteiger partial charge in [0.25, 0.3) is 10.0 Å². The van der Waals surface area contributed by atoms with Crippen LogP contribution in [0.5, 0.6) is 0 Å². The minimum absolute atomic E-state index is 0.00877. The first-order chi connectivity index (χ1) is 9.74. The molecule has 1 aromatic carbocycles. The third-order valence-corrected chi connectivity index (χ3v) is 3.95. The number of aromatic nitrogens is 2. The second-order valence-electron chi connectivity index (χ2n) is 4.07. The third kappa shape index (κ3) is 3.34. The monoisotopic (exact) mass is 321 g/mol. The van der Waals surface area contributed by atoms with Crippen LogP contribution in [0.2, 0.25) is 0 Å². The van der Waals surface area contributed by atoms with Crippen LogP contribution >= 0.6 is 0 Å². The molecule has 6 nitrogen and oxygen atoms in total. The molecule has 2 rings (SSSR count). The van der Waals surface area contributed by atoms with Crippen molar-refractivity contribution in [2.75, 3.05) is 4.72 Å². The second kappa shape index (κ2) is 5.37. The highest BCUT2D eigenvalue weighted by atomic mass is 32.2. The Bertz CT molecular complexity index is 740. The number of nitrogens with one attached hydrogen (secondary N) is 2. The SMILES string of the molecule is O=S(=O)(Nc1cccc(C(F)(F)F)c1)c1[nH]ncc1CO. The summed E-state index contributed by atoms with van der Waals surface area (Å²) < 4.78 is 63.8. The fourth-order valence-corrected chi connectivity index (χ4v) is 2.78. The number of benzene rings is 1. The zero-order valence-electron chi connectivity index (χ0n) is 10.3. The van der Waals surface area contributed by atoms with E-state index in [2.05, 4.69) is 10.2 Å². The van der Waals surface area contributed by atoms with E-state index >= 15 is 0 Å². The molecule has 0 saturated carbocycles. The third-order valence-electron chi connectivity index (χ3n) is 2.56. The van der Waals surface area contributed by atoms with Crippen LogP contribution in [0.25, 0.3) is 0 Å². The van der Waals surface area contributed by atoms with Crippen molar-refractivity contribution in [1.29, 1.82) is 0 Å². The van der Waals surface area contributed by atoms with Crippen molar-refractivity contribution in [2.45, 2.75) is 17.8 Å². The molecule has 1 heterocycles. The van der Waals surface area contributed by atoms with Gasteiger partial charge >= 0.3 is 6.18 Å². The first-order valence-corrected chi connectivity index (χ1v) is 7.05. The molecule has 0 amide bonds. The number of alkyl halides is 3. The lowest BCUT2D eigenvalue weighted by atomic mass is 10.2. The molecular weight excluding hydrogens is 311 g/mol. The van der Waals surface area contributed by atoms with Crippen molar-refractivity contribution in [3.8, 4) is 0 Å². The van der Waals surface area contributed by atoms with E-state index in [0.29, 0.717) is 6.07 Å². The number of nitrogens with zero attached hydrogens (tertiary/aromatic N) is 1. The van der Waals surface area contributed by atoms with Gasteiger partial charge in [0.05, 0.1) is 18.4 Å². The molecule has 0 spiro atoms. The van der Waals surface area contributed by atoms with Crippen molar-refractivity contribution < 1.29 is 26.7 Å². The number of halogens is 3. The van der Waals surface area contributed by atoms with Crippen molar-refractivity contribution in [3.05, 3.63) is 41.6 Å². The number of aromatic amines is 1. The zero-order valence-corrected chi connectivity index (χ0v) is 11.2. The van der Waals surface area contributed by atoms with Crippen LogP contribution in [0.1, 0.15) is 11.1 Å². The Morgan fingerprint density at radius 2 is 2.05 bits per heavy atom. The van der Waals surface area contributed by atoms with Gasteiger partial charge < -0.3 is 5.11 Å². The van der Waals surface area contributed by atoms with Gasteiger partial charge in [0.15, 0.2) is 5.03 Å². The molecule has 0 aliphatic carbocycles. The largest absolute Gasteiger partial charge is 0.416 e. The summed E-state index contributed by atoms with van der Waals surface area (Å²) in [6.07, 6.45) is -3.47. The van der Waals surface area contributed by atoms with Gasteiger partial charge in [-0.1, -0.05) is 6.07 Å². The van der Waals surface area contributed by atoms with Gasteiger partial charge in [-0.05, 0) is 18.2 Å². The number of hydrogen-bond acceptors (Lipinski definition) is 4. The molecule has 0 fully saturated rings. The zero-order chi connectivity index (χ0) is 15.7. The molecule has 2 aromatic rings. The predicted molar refractivity (Wildman–Crippen MR) is 66.8 cm³/mol. The smallest absolute Gasteiger partial charge is 0.392 e. The van der Waals surface area contributed by atoms with Crippen molar-refractivity contribution in [3.63, 3.8) is 0 Å². The van der Waals surface area contributed by atoms with Crippen molar-refractivity contribution in [2.24, 2.45) is 0 Å². The summed E-state index contributed by atoms with van der Waals surface area (Å²) in [6, 6.07) is 3.77. The number of rotatable bonds is 4. The summed E-state index contributed by atoms with van der Waals surface area (Å²) in [5.74, 6) is 0. The first-order valence-electron chi connectivity index (χ1n) is 5.57. The van der Waals surface area contributed by atoms with Gasteiger partial charge in [0.1, 0.15) is 0 Å². The lowest BCUT2D eigenvalue weighted by Crippen LogP contribution is -2.16. The van der Waals surface area contributed by atoms with Gasteiger partial charge in [0, 0.05) is 11.3 Å². The number of anilines is 1. The highest BCUT2D eigenvalue weighted by Crippen LogP contribution is 2.31. The molecule has 10 heteroatoms. The fraction of sp³-hybridized carbons (Fsp3) is 0.182. The first kappa shape index (κ1) is 15.3. The van der Waals surface area contributed by atoms with Gasteiger partial charge in [-0.2, -0.15) is 26.7 Å². The summed E-state index contributed by atoms with van der Waals surface area (Å²) in [5, 5.41) is 14.2. The Morgan fingerprint density at radius 1 is 1.33 bits per heavy atom. The molecule has 0 radical (unpaired) electrons. The van der Waals surface area contributed by atoms with Gasteiger partial charge in [-0.15, -0.1) is 0 Å². The predicted octanol–water partition coefficient (Wildman–Crippen LogP) is 1.72. The summed E-state index contributed by atoms with van der Waals surface area (Å²) in [7, 11) is -4.17. The maximum absolute atomic E-state index is 12.6. The highest BCUT2D eigenvalue weighted by molar-refractivity contribution is 7.92. The van der Waals surface area contributed by atoms with Crippen molar-refractivity contribution in [1.82, 2.24) is 10.2 Å². The topological polar surface area (TPSA) is 95.1 Å². The Balaban J connectivity index is 2.34. The number of aliphatic hydroxyl groups excluding tert-OH is 1. The van der Waals surface area contributed by atoms with Gasteiger partial charge in [-0.3, -0.25) is 9.82 Å². The van der Waals surface area contributed by atoms with Crippen LogP contribution in [-0.2, 0) is 22.8 Å². The van der Waals surface area contributed by atoms with Crippen LogP contribution in [0.4, 0.5) is 18.9 Å². The molecule has 114 valence electrons. The van der Waals surface area contributed by atoms with E-state index < -0.39 is 33.4 Å². The summed E-state index contributed by atoms with van der Waals surface area (Å²) in [6.45, 7) is -0.574. The van der Waals surface area contributed by atoms with Crippen LogP contribution in [0, 0.1) is 0 Å². The minimum atomic E-state index is -4.58. The molecule has 0 saturated heterocycles. The van der Waals surface area contributed by atoms with Crippen LogP contribution < -0.4 is 4.72 Å². The molecule has 0 aliphatic rings. The van der Waals surface area contributed by atoms with E-state index in [1.165, 1.54) is 6.07 Å². The normalized spacial score (nSPS) is 12.4. The Morgan fingerprint density at radius 3 is 2.67 bits per heavy atom. The number of hydrogen-bond donors (Lipinski definition) is 3. The van der Waals surface area contributed by atoms with Gasteiger partial charge in [0.2, 0.25) is 0 Å². The van der Waals surface area contributed by atoms with Gasteiger partial charge in [-0.25, -0.2) is 0 Å². The Labute approximate surface area is 117 Å². The minimum Gasteiger partial charge on any atom is -0.392 e. The molecule has 0 unspecified atom stereocenters. The van der Waals surface area contributed by atoms with E-state index in [-0.39, 0.29) is 11.3 Å². The van der Waals surface area contributed by atoms with Crippen LogP contribution in [0.15, 0.2) is 35.5 Å². The lowest BCUT2D eigenvalue weighted by Gasteiger charge is -2.11. The molecule has 0 bridgehead atoms. The van der Waals surface area contributed by atoms with E-state index in [9.17, 15) is 21.6 Å². The van der Waals surface area contributed by atoms with Crippen molar-refractivity contribution >= 4 is 15.7 Å². The van der Waals surface area contributed by atoms with E-state index in [4.69, 9.17) is 5.11 Å². The highest BCUT2D eigenvalue weighted by Gasteiger charge is 2.31. The number of sulfonamides is 1. The maximum atomic E-state index is 12.6. The molecule has 3 N–H and O–H groups in total. The summed E-state index contributed by atoms with van der Waals surface area (Å²) in [5.41, 5.74) is -1.22. The average molecular weight is 321 g/mol. The summed E-state index contributed by atoms with van der Waals surface area (Å²) in [4.78, 5) is 0. The number of H-pyrrole nitrogens is 1. The summed E-state index contributed by atoms with van der Waals surface area (Å²) >= 11 is 0. The van der Waals surface area contributed by atoms with E-state index in [0.717, 1.165) is 18.3 Å². The number of aliphatic hydroxyl groups is 1. The Kier molecular flexibility index (Phi) is 3.92. The molecule has 0 atom stereocenters. The average Bonchev–Trinajstić information content (AvgIpc) is 2.86. The maximum Gasteiger partial charge on any atom is 0.416 e. The second-order valence-corrected chi connectivity index (χ2v) is 5.69. The molecule has 1 aromatic heterocycles. The van der Waals surface area contributed by atoms with Crippen LogP contribution in [0.3, 0.4) is 0 Å². The van der Waals surface area contributed by atoms with Crippen LogP contribution in [-0.4, -0.2) is 23.7 Å². The molecule has 21 heavy (non-hydrogen) atoms. The molecule has 0 aliphatic heterocycles. The quantitative estimate of drug-likeness (QED) is 0.799. The standard InChI is InChI=1S/C11H10F3N3O3S/c12-11(13,14)8-2-1-3-9(4-8)17-21(19,20)10-7(6-18)5-15-16-10/h1-5,17-18H,6H2,(H,15,16).